The highest BCUT2D eigenvalue weighted by molar-refractivity contribution is 5.97. The van der Waals surface area contributed by atoms with E-state index >= 15 is 0 Å². The zero-order valence-electron chi connectivity index (χ0n) is 12.0. The van der Waals surface area contributed by atoms with E-state index in [9.17, 15) is 9.59 Å². The van der Waals surface area contributed by atoms with Crippen molar-refractivity contribution >= 4 is 17.7 Å². The van der Waals surface area contributed by atoms with Gasteiger partial charge in [0.1, 0.15) is 0 Å². The molecule has 1 fully saturated rings. The number of aliphatic carboxylic acids is 1. The van der Waals surface area contributed by atoms with E-state index in [1.807, 2.05) is 12.1 Å². The maximum atomic E-state index is 12.4. The van der Waals surface area contributed by atoms with Crippen LogP contribution in [-0.2, 0) is 9.59 Å². The average molecular weight is 299 g/mol. The molecule has 0 radical (unpaired) electrons. The fraction of sp³-hybridized carbons (Fsp3) is 0.312. The van der Waals surface area contributed by atoms with Crippen LogP contribution in [0.15, 0.2) is 36.4 Å². The molecule has 1 aromatic carbocycles. The number of hydrogen-bond acceptors (Lipinski definition) is 3. The lowest BCUT2D eigenvalue weighted by Crippen LogP contribution is -2.23. The van der Waals surface area contributed by atoms with Crippen molar-refractivity contribution in [3.05, 3.63) is 47.7 Å². The molecule has 0 aliphatic heterocycles. The third kappa shape index (κ3) is 3.33. The van der Waals surface area contributed by atoms with Gasteiger partial charge in [-0.2, -0.15) is 5.10 Å². The number of benzene rings is 1. The first kappa shape index (κ1) is 14.3. The van der Waals surface area contributed by atoms with E-state index in [1.54, 1.807) is 24.3 Å². The van der Waals surface area contributed by atoms with Gasteiger partial charge in [-0.3, -0.25) is 14.7 Å². The Morgan fingerprint density at radius 1 is 1.32 bits per heavy atom. The Hall–Kier alpha value is -2.63. The van der Waals surface area contributed by atoms with E-state index in [2.05, 4.69) is 15.5 Å². The zero-order valence-corrected chi connectivity index (χ0v) is 12.0. The summed E-state index contributed by atoms with van der Waals surface area (Å²) in [6, 6.07) is 10.7. The van der Waals surface area contributed by atoms with Gasteiger partial charge in [0, 0.05) is 17.7 Å². The second-order valence-electron chi connectivity index (χ2n) is 5.53. The number of aromatic amines is 1. The fourth-order valence-corrected chi connectivity index (χ4v) is 2.44. The summed E-state index contributed by atoms with van der Waals surface area (Å²) in [5, 5.41) is 18.7. The Morgan fingerprint density at radius 2 is 2.05 bits per heavy atom. The summed E-state index contributed by atoms with van der Waals surface area (Å²) in [6.07, 6.45) is 2.03. The number of nitrogens with zero attached hydrogens (tertiary/aromatic N) is 1. The molecule has 1 aliphatic rings. The second kappa shape index (κ2) is 6.01. The van der Waals surface area contributed by atoms with Crippen molar-refractivity contribution in [1.82, 2.24) is 10.2 Å². The molecule has 1 aliphatic carbocycles. The minimum absolute atomic E-state index is 0.254. The van der Waals surface area contributed by atoms with Crippen LogP contribution in [0.4, 0.5) is 5.82 Å². The van der Waals surface area contributed by atoms with E-state index < -0.39 is 11.9 Å². The molecule has 6 nitrogen and oxygen atoms in total. The molecule has 0 bridgehead atoms. The highest BCUT2D eigenvalue weighted by atomic mass is 16.4. The second-order valence-corrected chi connectivity index (χ2v) is 5.53. The van der Waals surface area contributed by atoms with Crippen molar-refractivity contribution in [2.75, 3.05) is 5.32 Å². The summed E-state index contributed by atoms with van der Waals surface area (Å²) in [5.74, 6) is -1.15. The van der Waals surface area contributed by atoms with Gasteiger partial charge in [-0.05, 0) is 18.4 Å². The molecule has 0 unspecified atom stereocenters. The van der Waals surface area contributed by atoms with Crippen LogP contribution in [0.5, 0.6) is 0 Å². The number of H-pyrrole nitrogens is 1. The van der Waals surface area contributed by atoms with Crippen LogP contribution in [0.25, 0.3) is 0 Å². The topological polar surface area (TPSA) is 95.1 Å². The van der Waals surface area contributed by atoms with Crippen molar-refractivity contribution < 1.29 is 14.7 Å². The molecular formula is C16H17N3O3. The smallest absolute Gasteiger partial charge is 0.304 e. The van der Waals surface area contributed by atoms with Crippen LogP contribution in [-0.4, -0.2) is 27.2 Å². The number of anilines is 1. The molecule has 3 N–H and O–H groups in total. The summed E-state index contributed by atoms with van der Waals surface area (Å²) in [4.78, 5) is 23.5. The predicted molar refractivity (Wildman–Crippen MR) is 80.6 cm³/mol. The lowest BCUT2D eigenvalue weighted by molar-refractivity contribution is -0.139. The monoisotopic (exact) mass is 299 g/mol. The van der Waals surface area contributed by atoms with Crippen LogP contribution < -0.4 is 5.32 Å². The maximum Gasteiger partial charge on any atom is 0.304 e. The third-order valence-corrected chi connectivity index (χ3v) is 3.76. The number of carbonyl (C=O) groups is 2. The minimum atomic E-state index is -1.01. The summed E-state index contributed by atoms with van der Waals surface area (Å²) < 4.78 is 0. The van der Waals surface area contributed by atoms with Crippen LogP contribution in [0.3, 0.4) is 0 Å². The Bertz CT molecular complexity index is 677. The van der Waals surface area contributed by atoms with Crippen molar-refractivity contribution in [1.29, 1.82) is 0 Å². The Balaban J connectivity index is 1.74. The van der Waals surface area contributed by atoms with Crippen LogP contribution in [0.1, 0.15) is 42.4 Å². The highest BCUT2D eigenvalue weighted by Crippen LogP contribution is 2.39. The number of aromatic nitrogens is 2. The van der Waals surface area contributed by atoms with Crippen molar-refractivity contribution in [2.24, 2.45) is 0 Å². The minimum Gasteiger partial charge on any atom is -0.481 e. The van der Waals surface area contributed by atoms with Crippen molar-refractivity contribution in [3.8, 4) is 0 Å². The zero-order chi connectivity index (χ0) is 15.5. The van der Waals surface area contributed by atoms with E-state index in [1.165, 1.54) is 0 Å². The largest absolute Gasteiger partial charge is 0.481 e. The van der Waals surface area contributed by atoms with E-state index in [0.717, 1.165) is 18.5 Å². The van der Waals surface area contributed by atoms with Crippen LogP contribution >= 0.6 is 0 Å². The van der Waals surface area contributed by atoms with Crippen LogP contribution in [0, 0.1) is 0 Å². The molecule has 22 heavy (non-hydrogen) atoms. The number of nitrogens with one attached hydrogen (secondary N) is 2. The molecule has 114 valence electrons. The summed E-state index contributed by atoms with van der Waals surface area (Å²) in [6.45, 7) is 0. The molecule has 3 rings (SSSR count). The number of rotatable bonds is 6. The molecule has 0 spiro atoms. The SMILES string of the molecule is O=C(O)C[C@@H](C(=O)Nc1cc(C2CC2)[nH]n1)c1ccccc1. The van der Waals surface area contributed by atoms with Gasteiger partial charge in [0.05, 0.1) is 12.3 Å². The highest BCUT2D eigenvalue weighted by Gasteiger charge is 2.27. The molecule has 2 aromatic rings. The lowest BCUT2D eigenvalue weighted by Gasteiger charge is -2.14. The standard InChI is InChI=1S/C16H17N3O3/c20-15(21)8-12(10-4-2-1-3-5-10)16(22)17-14-9-13(18-19-14)11-6-7-11/h1-5,9,11-12H,6-8H2,(H,20,21)(H2,17,18,19,22)/t12-/m1/s1. The third-order valence-electron chi connectivity index (χ3n) is 3.76. The average Bonchev–Trinajstić information content (AvgIpc) is 3.26. The number of carboxylic acid groups (broad SMARTS) is 1. The van der Waals surface area contributed by atoms with Gasteiger partial charge in [-0.1, -0.05) is 30.3 Å². The molecule has 6 heteroatoms. The predicted octanol–water partition coefficient (Wildman–Crippen LogP) is 2.48. The number of hydrogen-bond donors (Lipinski definition) is 3. The van der Waals surface area contributed by atoms with Crippen molar-refractivity contribution in [2.45, 2.75) is 31.1 Å². The Labute approximate surface area is 127 Å². The van der Waals surface area contributed by atoms with E-state index in [-0.39, 0.29) is 12.3 Å². The van der Waals surface area contributed by atoms with Gasteiger partial charge >= 0.3 is 5.97 Å². The van der Waals surface area contributed by atoms with Gasteiger partial charge < -0.3 is 10.4 Å². The molecule has 0 saturated heterocycles. The number of carboxylic acids is 1. The number of amides is 1. The fourth-order valence-electron chi connectivity index (χ4n) is 2.44. The summed E-state index contributed by atoms with van der Waals surface area (Å²) in [7, 11) is 0. The maximum absolute atomic E-state index is 12.4. The van der Waals surface area contributed by atoms with Crippen LogP contribution in [0.2, 0.25) is 0 Å². The first-order valence-corrected chi connectivity index (χ1v) is 7.26. The Kier molecular flexibility index (Phi) is 3.91. The molecular weight excluding hydrogens is 282 g/mol. The summed E-state index contributed by atoms with van der Waals surface area (Å²) >= 11 is 0. The van der Waals surface area contributed by atoms with Gasteiger partial charge in [0.2, 0.25) is 5.91 Å². The summed E-state index contributed by atoms with van der Waals surface area (Å²) in [5.41, 5.74) is 1.70. The molecule has 1 heterocycles. The van der Waals surface area contributed by atoms with E-state index in [4.69, 9.17) is 5.11 Å². The molecule has 1 saturated carbocycles. The lowest BCUT2D eigenvalue weighted by atomic mass is 9.95. The first-order valence-electron chi connectivity index (χ1n) is 7.26. The van der Waals surface area contributed by atoms with Crippen molar-refractivity contribution in [3.63, 3.8) is 0 Å². The molecule has 1 atom stereocenters. The van der Waals surface area contributed by atoms with Gasteiger partial charge in [0.15, 0.2) is 5.82 Å². The Morgan fingerprint density at radius 3 is 2.68 bits per heavy atom. The van der Waals surface area contributed by atoms with E-state index in [0.29, 0.717) is 17.3 Å². The number of carbonyl (C=O) groups excluding carboxylic acids is 1. The molecule has 1 amide bonds. The van der Waals surface area contributed by atoms with Gasteiger partial charge in [-0.15, -0.1) is 0 Å². The molecule has 1 aromatic heterocycles. The normalized spacial score (nSPS) is 15.3. The van der Waals surface area contributed by atoms with Gasteiger partial charge in [-0.25, -0.2) is 0 Å². The van der Waals surface area contributed by atoms with Gasteiger partial charge in [0.25, 0.3) is 0 Å². The quantitative estimate of drug-likeness (QED) is 0.763. The first-order chi connectivity index (χ1) is 10.6.